The number of carbonyl (C=O) groups is 1. The van der Waals surface area contributed by atoms with E-state index >= 15 is 0 Å². The predicted octanol–water partition coefficient (Wildman–Crippen LogP) is 0.758. The van der Waals surface area contributed by atoms with Gasteiger partial charge in [0.2, 0.25) is 5.91 Å². The lowest BCUT2D eigenvalue weighted by Gasteiger charge is -2.26. The first kappa shape index (κ1) is 15.9. The number of thiophene rings is 1. The van der Waals surface area contributed by atoms with E-state index in [0.29, 0.717) is 13.0 Å². The van der Waals surface area contributed by atoms with Gasteiger partial charge in [0.1, 0.15) is 12.9 Å². The Bertz CT molecular complexity index is 721. The second-order valence-electron chi connectivity index (χ2n) is 5.83. The van der Waals surface area contributed by atoms with Crippen LogP contribution in [0.5, 0.6) is 0 Å². The topological polar surface area (TPSA) is 80.4 Å². The fraction of sp³-hybridized carbons (Fsp3) is 0.533. The summed E-state index contributed by atoms with van der Waals surface area (Å²) in [4.78, 5) is 27.0. The van der Waals surface area contributed by atoms with Crippen molar-refractivity contribution >= 4 is 17.2 Å². The number of carbonyl (C=O) groups excluding carboxylic acids is 1. The maximum Gasteiger partial charge on any atom is 0.345 e. The van der Waals surface area contributed by atoms with Gasteiger partial charge in [0, 0.05) is 24.5 Å². The number of aryl methyl sites for hydroxylation is 1. The van der Waals surface area contributed by atoms with Gasteiger partial charge in [-0.15, -0.1) is 11.3 Å². The minimum absolute atomic E-state index is 0.0130. The zero-order valence-corrected chi connectivity index (χ0v) is 13.8. The van der Waals surface area contributed by atoms with Crippen LogP contribution in [-0.4, -0.2) is 42.8 Å². The molecule has 1 amide bonds. The zero-order chi connectivity index (χ0) is 16.4. The highest BCUT2D eigenvalue weighted by Crippen LogP contribution is 2.29. The number of aliphatic hydroxyl groups excluding tert-OH is 1. The van der Waals surface area contributed by atoms with Crippen LogP contribution in [0.3, 0.4) is 0 Å². The van der Waals surface area contributed by atoms with Crippen LogP contribution in [0.15, 0.2) is 28.6 Å². The third-order valence-corrected chi connectivity index (χ3v) is 5.21. The number of hydrogen-bond donors (Lipinski definition) is 1. The molecule has 0 bridgehead atoms. The minimum Gasteiger partial charge on any atom is -0.387 e. The van der Waals surface area contributed by atoms with Gasteiger partial charge in [-0.25, -0.2) is 9.48 Å². The summed E-state index contributed by atoms with van der Waals surface area (Å²) in [5, 5.41) is 16.2. The molecule has 0 radical (unpaired) electrons. The molecule has 7 nitrogen and oxygen atoms in total. The summed E-state index contributed by atoms with van der Waals surface area (Å²) in [7, 11) is 1.60. The third kappa shape index (κ3) is 3.37. The lowest BCUT2D eigenvalue weighted by molar-refractivity contribution is -0.133. The van der Waals surface area contributed by atoms with Crippen LogP contribution in [0.25, 0.3) is 0 Å². The van der Waals surface area contributed by atoms with Crippen molar-refractivity contribution in [3.8, 4) is 0 Å². The predicted molar refractivity (Wildman–Crippen MR) is 86.1 cm³/mol. The Morgan fingerprint density at radius 1 is 1.57 bits per heavy atom. The highest BCUT2D eigenvalue weighted by Gasteiger charge is 2.31. The molecule has 0 saturated carbocycles. The van der Waals surface area contributed by atoms with Crippen LogP contribution in [0.1, 0.15) is 30.2 Å². The van der Waals surface area contributed by atoms with E-state index in [0.717, 1.165) is 17.7 Å². The van der Waals surface area contributed by atoms with Crippen molar-refractivity contribution in [1.82, 2.24) is 19.2 Å². The molecule has 0 spiro atoms. The number of aliphatic hydroxyl groups is 1. The van der Waals surface area contributed by atoms with Gasteiger partial charge in [0.05, 0.1) is 6.10 Å². The summed E-state index contributed by atoms with van der Waals surface area (Å²) in [6.07, 6.45) is 3.18. The molecule has 2 aromatic heterocycles. The fourth-order valence-corrected chi connectivity index (χ4v) is 3.74. The van der Waals surface area contributed by atoms with E-state index in [4.69, 9.17) is 0 Å². The van der Waals surface area contributed by atoms with E-state index in [-0.39, 0.29) is 24.2 Å². The van der Waals surface area contributed by atoms with E-state index in [1.165, 1.54) is 26.9 Å². The van der Waals surface area contributed by atoms with Crippen LogP contribution in [-0.2, 0) is 18.4 Å². The third-order valence-electron chi connectivity index (χ3n) is 4.24. The van der Waals surface area contributed by atoms with E-state index in [2.05, 4.69) is 5.10 Å². The summed E-state index contributed by atoms with van der Waals surface area (Å²) in [6.45, 7) is 0.619. The van der Waals surface area contributed by atoms with Crippen molar-refractivity contribution in [2.75, 3.05) is 6.54 Å². The van der Waals surface area contributed by atoms with E-state index < -0.39 is 6.10 Å². The molecule has 1 N–H and O–H groups in total. The Morgan fingerprint density at radius 3 is 3.04 bits per heavy atom. The van der Waals surface area contributed by atoms with Crippen molar-refractivity contribution in [1.29, 1.82) is 0 Å². The van der Waals surface area contributed by atoms with E-state index in [1.54, 1.807) is 11.9 Å². The molecule has 1 saturated heterocycles. The molecule has 23 heavy (non-hydrogen) atoms. The van der Waals surface area contributed by atoms with Crippen molar-refractivity contribution < 1.29 is 9.90 Å². The van der Waals surface area contributed by atoms with Crippen LogP contribution >= 0.6 is 11.3 Å². The first-order valence-corrected chi connectivity index (χ1v) is 8.53. The second-order valence-corrected chi connectivity index (χ2v) is 6.81. The molecule has 2 aromatic rings. The van der Waals surface area contributed by atoms with Gasteiger partial charge in [-0.1, -0.05) is 6.07 Å². The zero-order valence-electron chi connectivity index (χ0n) is 13.0. The molecule has 3 rings (SSSR count). The van der Waals surface area contributed by atoms with Crippen molar-refractivity contribution in [2.45, 2.75) is 38.0 Å². The Kier molecular flexibility index (Phi) is 4.63. The Morgan fingerprint density at radius 2 is 2.39 bits per heavy atom. The van der Waals surface area contributed by atoms with Gasteiger partial charge < -0.3 is 10.0 Å². The summed E-state index contributed by atoms with van der Waals surface area (Å²) in [5.74, 6) is -0.119. The highest BCUT2D eigenvalue weighted by atomic mass is 32.1. The van der Waals surface area contributed by atoms with Crippen molar-refractivity contribution in [2.24, 2.45) is 7.05 Å². The summed E-state index contributed by atoms with van der Waals surface area (Å²) in [6, 6.07) is 3.83. The van der Waals surface area contributed by atoms with E-state index in [9.17, 15) is 14.7 Å². The number of aromatic nitrogens is 3. The molecule has 2 atom stereocenters. The average molecular weight is 336 g/mol. The largest absolute Gasteiger partial charge is 0.387 e. The first-order valence-electron chi connectivity index (χ1n) is 7.65. The van der Waals surface area contributed by atoms with Crippen LogP contribution < -0.4 is 5.69 Å². The summed E-state index contributed by atoms with van der Waals surface area (Å²) in [5.41, 5.74) is -0.298. The quantitative estimate of drug-likeness (QED) is 0.874. The number of rotatable bonds is 5. The second kappa shape index (κ2) is 6.67. The molecule has 1 aliphatic rings. The van der Waals surface area contributed by atoms with Gasteiger partial charge >= 0.3 is 5.69 Å². The van der Waals surface area contributed by atoms with Crippen LogP contribution in [0.4, 0.5) is 0 Å². The Labute approximate surface area is 137 Å². The number of amides is 1. The molecule has 1 aliphatic heterocycles. The smallest absolute Gasteiger partial charge is 0.345 e. The van der Waals surface area contributed by atoms with Gasteiger partial charge in [-0.3, -0.25) is 9.36 Å². The number of nitrogens with zero attached hydrogens (tertiary/aromatic N) is 4. The van der Waals surface area contributed by atoms with Crippen LogP contribution in [0.2, 0.25) is 0 Å². The van der Waals surface area contributed by atoms with Gasteiger partial charge in [0.25, 0.3) is 0 Å². The average Bonchev–Trinajstić information content (AvgIpc) is 3.25. The standard InChI is InChI=1S/C15H20N4O3S/c1-17-10-16-19(15(17)22)9-14(21)18-6-2-4-11(18)8-12(20)13-5-3-7-23-13/h3,5,7,10-12,20H,2,4,6,8-9H2,1H3/t11-,12-/m1/s1. The molecule has 0 aromatic carbocycles. The fourth-order valence-electron chi connectivity index (χ4n) is 3.01. The lowest BCUT2D eigenvalue weighted by Crippen LogP contribution is -2.40. The molecule has 1 fully saturated rings. The van der Waals surface area contributed by atoms with E-state index in [1.807, 2.05) is 17.5 Å². The molecule has 3 heterocycles. The maximum atomic E-state index is 12.5. The van der Waals surface area contributed by atoms with Crippen LogP contribution in [0, 0.1) is 0 Å². The highest BCUT2D eigenvalue weighted by molar-refractivity contribution is 7.10. The molecule has 0 aliphatic carbocycles. The van der Waals surface area contributed by atoms with Gasteiger partial charge in [0.15, 0.2) is 0 Å². The number of hydrogen-bond acceptors (Lipinski definition) is 5. The normalized spacial score (nSPS) is 19.2. The summed E-state index contributed by atoms with van der Waals surface area (Å²) < 4.78 is 2.52. The van der Waals surface area contributed by atoms with Crippen molar-refractivity contribution in [3.05, 3.63) is 39.2 Å². The molecule has 0 unspecified atom stereocenters. The maximum absolute atomic E-state index is 12.5. The number of likely N-dealkylation sites (tertiary alicyclic amines) is 1. The molecular formula is C15H20N4O3S. The van der Waals surface area contributed by atoms with Crippen molar-refractivity contribution in [3.63, 3.8) is 0 Å². The lowest BCUT2D eigenvalue weighted by atomic mass is 10.1. The monoisotopic (exact) mass is 336 g/mol. The Balaban J connectivity index is 1.65. The summed E-state index contributed by atoms with van der Waals surface area (Å²) >= 11 is 1.52. The van der Waals surface area contributed by atoms with Gasteiger partial charge in [-0.2, -0.15) is 5.10 Å². The molecule has 124 valence electrons. The Hall–Kier alpha value is -1.93. The van der Waals surface area contributed by atoms with Gasteiger partial charge in [-0.05, 0) is 30.7 Å². The SMILES string of the molecule is Cn1cnn(CC(=O)N2CCC[C@@H]2C[C@@H](O)c2cccs2)c1=O. The molecular weight excluding hydrogens is 316 g/mol. The first-order chi connectivity index (χ1) is 11.1. The molecule has 8 heteroatoms. The minimum atomic E-state index is -0.550.